The summed E-state index contributed by atoms with van der Waals surface area (Å²) in [5.41, 5.74) is 2.39. The van der Waals surface area contributed by atoms with Crippen molar-refractivity contribution in [1.29, 1.82) is 0 Å². The molecule has 0 bridgehead atoms. The predicted octanol–water partition coefficient (Wildman–Crippen LogP) is 3.98. The fourth-order valence-electron chi connectivity index (χ4n) is 3.10. The van der Waals surface area contributed by atoms with E-state index in [9.17, 15) is 4.79 Å². The predicted molar refractivity (Wildman–Crippen MR) is 98.0 cm³/mol. The molecule has 0 aliphatic carbocycles. The van der Waals surface area contributed by atoms with E-state index >= 15 is 0 Å². The second-order valence-electron chi connectivity index (χ2n) is 7.89. The average Bonchev–Trinajstić information content (AvgIpc) is 2.51. The maximum Gasteiger partial charge on any atom is 0.407 e. The number of benzene rings is 1. The number of alkyl carbamates (subject to hydrolysis) is 1. The Kier molecular flexibility index (Phi) is 6.27. The van der Waals surface area contributed by atoms with Crippen molar-refractivity contribution in [3.63, 3.8) is 0 Å². The molecule has 1 N–H and O–H groups in total. The van der Waals surface area contributed by atoms with Gasteiger partial charge in [-0.15, -0.1) is 0 Å². The van der Waals surface area contributed by atoms with Crippen molar-refractivity contribution in [2.24, 2.45) is 5.92 Å². The Bertz CT molecular complexity index is 551. The zero-order valence-corrected chi connectivity index (χ0v) is 15.8. The molecule has 0 saturated carbocycles. The normalized spacial score (nSPS) is 17.7. The monoisotopic (exact) mass is 332 g/mol. The minimum absolute atomic E-state index is 0.107. The summed E-state index contributed by atoms with van der Waals surface area (Å²) in [5.74, 6) is 0.412. The SMILES string of the molecule is CCC(C)C(CN1CCc2ccccc2C1)NC(=O)OC(C)(C)C. The van der Waals surface area contributed by atoms with Gasteiger partial charge in [0.25, 0.3) is 0 Å². The minimum atomic E-state index is -0.464. The van der Waals surface area contributed by atoms with Crippen LogP contribution >= 0.6 is 0 Å². The number of rotatable bonds is 5. The molecule has 0 spiro atoms. The molecular formula is C20H32N2O2. The highest BCUT2D eigenvalue weighted by Gasteiger charge is 2.26. The van der Waals surface area contributed by atoms with E-state index < -0.39 is 5.60 Å². The average molecular weight is 332 g/mol. The van der Waals surface area contributed by atoms with Crippen molar-refractivity contribution in [3.8, 4) is 0 Å². The van der Waals surface area contributed by atoms with Gasteiger partial charge < -0.3 is 10.1 Å². The molecule has 24 heavy (non-hydrogen) atoms. The molecule has 134 valence electrons. The van der Waals surface area contributed by atoms with Crippen molar-refractivity contribution in [1.82, 2.24) is 10.2 Å². The van der Waals surface area contributed by atoms with Crippen LogP contribution in [0.2, 0.25) is 0 Å². The summed E-state index contributed by atoms with van der Waals surface area (Å²) in [6, 6.07) is 8.75. The Balaban J connectivity index is 1.98. The molecule has 4 nitrogen and oxygen atoms in total. The second kappa shape index (κ2) is 8.02. The van der Waals surface area contributed by atoms with Gasteiger partial charge in [0.15, 0.2) is 0 Å². The summed E-state index contributed by atoms with van der Waals surface area (Å²) in [6.07, 6.45) is 1.80. The van der Waals surface area contributed by atoms with Gasteiger partial charge in [0.1, 0.15) is 5.60 Å². The maximum atomic E-state index is 12.2. The van der Waals surface area contributed by atoms with Gasteiger partial charge in [0.05, 0.1) is 0 Å². The summed E-state index contributed by atoms with van der Waals surface area (Å²) in [4.78, 5) is 14.6. The first-order valence-electron chi connectivity index (χ1n) is 9.07. The molecule has 2 atom stereocenters. The summed E-state index contributed by atoms with van der Waals surface area (Å²) in [7, 11) is 0. The van der Waals surface area contributed by atoms with Gasteiger partial charge in [-0.05, 0) is 44.2 Å². The Morgan fingerprint density at radius 2 is 1.96 bits per heavy atom. The van der Waals surface area contributed by atoms with E-state index in [0.717, 1.165) is 32.5 Å². The molecule has 2 rings (SSSR count). The van der Waals surface area contributed by atoms with E-state index in [1.54, 1.807) is 0 Å². The molecule has 1 aliphatic heterocycles. The molecule has 0 radical (unpaired) electrons. The highest BCUT2D eigenvalue weighted by Crippen LogP contribution is 2.20. The molecule has 1 heterocycles. The summed E-state index contributed by atoms with van der Waals surface area (Å²) in [6.45, 7) is 12.9. The van der Waals surface area contributed by atoms with E-state index in [4.69, 9.17) is 4.74 Å². The summed E-state index contributed by atoms with van der Waals surface area (Å²) < 4.78 is 5.44. The molecule has 2 unspecified atom stereocenters. The number of fused-ring (bicyclic) bond motifs is 1. The van der Waals surface area contributed by atoms with Gasteiger partial charge in [-0.25, -0.2) is 4.79 Å². The molecule has 1 amide bonds. The maximum absolute atomic E-state index is 12.2. The zero-order chi connectivity index (χ0) is 17.7. The van der Waals surface area contributed by atoms with Crippen LogP contribution in [0.4, 0.5) is 4.79 Å². The van der Waals surface area contributed by atoms with Crippen LogP contribution in [-0.4, -0.2) is 35.7 Å². The van der Waals surface area contributed by atoms with Crippen molar-refractivity contribution >= 4 is 6.09 Å². The Labute approximate surface area is 146 Å². The first kappa shape index (κ1) is 18.8. The quantitative estimate of drug-likeness (QED) is 0.886. The molecule has 0 saturated heterocycles. The van der Waals surface area contributed by atoms with Gasteiger partial charge >= 0.3 is 6.09 Å². The first-order chi connectivity index (χ1) is 11.3. The lowest BCUT2D eigenvalue weighted by Gasteiger charge is -2.34. The molecular weight excluding hydrogens is 300 g/mol. The highest BCUT2D eigenvalue weighted by molar-refractivity contribution is 5.68. The van der Waals surface area contributed by atoms with Crippen LogP contribution < -0.4 is 5.32 Å². The minimum Gasteiger partial charge on any atom is -0.444 e. The van der Waals surface area contributed by atoms with Crippen LogP contribution in [0, 0.1) is 5.92 Å². The molecule has 1 aromatic carbocycles. The van der Waals surface area contributed by atoms with E-state index in [1.807, 2.05) is 20.8 Å². The van der Waals surface area contributed by atoms with Crippen molar-refractivity contribution in [2.75, 3.05) is 13.1 Å². The summed E-state index contributed by atoms with van der Waals surface area (Å²) in [5, 5.41) is 3.09. The Morgan fingerprint density at radius 3 is 2.58 bits per heavy atom. The lowest BCUT2D eigenvalue weighted by Crippen LogP contribution is -2.49. The van der Waals surface area contributed by atoms with Crippen LogP contribution in [0.15, 0.2) is 24.3 Å². The van der Waals surface area contributed by atoms with Crippen LogP contribution in [0.25, 0.3) is 0 Å². The van der Waals surface area contributed by atoms with E-state index in [0.29, 0.717) is 5.92 Å². The Morgan fingerprint density at radius 1 is 1.29 bits per heavy atom. The van der Waals surface area contributed by atoms with Crippen molar-refractivity contribution in [2.45, 2.75) is 65.6 Å². The van der Waals surface area contributed by atoms with Gasteiger partial charge in [0.2, 0.25) is 0 Å². The molecule has 0 fully saturated rings. The van der Waals surface area contributed by atoms with E-state index in [-0.39, 0.29) is 12.1 Å². The third-order valence-electron chi connectivity index (χ3n) is 4.70. The third-order valence-corrected chi connectivity index (χ3v) is 4.70. The topological polar surface area (TPSA) is 41.6 Å². The van der Waals surface area contributed by atoms with E-state index in [1.165, 1.54) is 11.1 Å². The number of amides is 1. The number of nitrogens with one attached hydrogen (secondary N) is 1. The Hall–Kier alpha value is -1.55. The number of carbonyl (C=O) groups is 1. The molecule has 1 aromatic rings. The second-order valence-corrected chi connectivity index (χ2v) is 7.89. The highest BCUT2D eigenvalue weighted by atomic mass is 16.6. The van der Waals surface area contributed by atoms with Gasteiger partial charge in [-0.1, -0.05) is 44.5 Å². The fraction of sp³-hybridized carbons (Fsp3) is 0.650. The van der Waals surface area contributed by atoms with Crippen LogP contribution in [0.3, 0.4) is 0 Å². The van der Waals surface area contributed by atoms with Gasteiger partial charge in [-0.2, -0.15) is 0 Å². The smallest absolute Gasteiger partial charge is 0.407 e. The molecule has 4 heteroatoms. The molecule has 1 aliphatic rings. The van der Waals surface area contributed by atoms with E-state index in [2.05, 4.69) is 48.3 Å². The zero-order valence-electron chi connectivity index (χ0n) is 15.8. The first-order valence-corrected chi connectivity index (χ1v) is 9.07. The number of nitrogens with zero attached hydrogens (tertiary/aromatic N) is 1. The summed E-state index contributed by atoms with van der Waals surface area (Å²) >= 11 is 0. The van der Waals surface area contributed by atoms with Gasteiger partial charge in [-0.3, -0.25) is 4.90 Å². The van der Waals surface area contributed by atoms with Crippen LogP contribution in [0.5, 0.6) is 0 Å². The number of carbonyl (C=O) groups excluding carboxylic acids is 1. The third kappa shape index (κ3) is 5.52. The number of hydrogen-bond donors (Lipinski definition) is 1. The standard InChI is InChI=1S/C20H32N2O2/c1-6-15(2)18(21-19(23)24-20(3,4)5)14-22-12-11-16-9-7-8-10-17(16)13-22/h7-10,15,18H,6,11-14H2,1-5H3,(H,21,23). The largest absolute Gasteiger partial charge is 0.444 e. The van der Waals surface area contributed by atoms with Crippen molar-refractivity contribution < 1.29 is 9.53 Å². The molecule has 0 aromatic heterocycles. The van der Waals surface area contributed by atoms with Crippen LogP contribution in [-0.2, 0) is 17.7 Å². The lowest BCUT2D eigenvalue weighted by molar-refractivity contribution is 0.0466. The van der Waals surface area contributed by atoms with Crippen LogP contribution in [0.1, 0.15) is 52.2 Å². The van der Waals surface area contributed by atoms with Gasteiger partial charge in [0, 0.05) is 25.7 Å². The lowest BCUT2D eigenvalue weighted by atomic mass is 9.96. The van der Waals surface area contributed by atoms with Crippen molar-refractivity contribution in [3.05, 3.63) is 35.4 Å². The number of hydrogen-bond acceptors (Lipinski definition) is 3. The fourth-order valence-corrected chi connectivity index (χ4v) is 3.10. The number of ether oxygens (including phenoxy) is 1.